The summed E-state index contributed by atoms with van der Waals surface area (Å²) in [6.07, 6.45) is 5.98. The largest absolute Gasteiger partial charge is 0.508 e. The standard InChI is InChI=1S/C48H63N7O7/c1-9-54-41-13-12-31-23-36(41)37(43(54)38-25-49-16-14-33(38)27-61-8)24-48(4,5)28-62-47(60)39-11-10-17-55(51-39)46(59)40(21-30-19-34(31)22-35(56)20-30)50-44(57)42(29(2)3)53(7)45(58)32-15-18-52(6)26-32/h12-14,16,19-20,22-23,25,29,32,39-40,42,51,56H,9-11,15,17-18,21,24,26-28H2,1-8H3,(H,50,57)/t32-,39-,40-,42-/m0/s1. The molecule has 0 aliphatic carbocycles. The van der Waals surface area contributed by atoms with E-state index >= 15 is 0 Å². The number of nitrogens with zero attached hydrogens (tertiary/aromatic N) is 5. The monoisotopic (exact) mass is 849 g/mol. The number of hydrogen-bond acceptors (Lipinski definition) is 10. The lowest BCUT2D eigenvalue weighted by Gasteiger charge is -2.37. The molecular weight excluding hydrogens is 787 g/mol. The number of methoxy groups -OCH3 is 1. The van der Waals surface area contributed by atoms with Crippen molar-refractivity contribution in [2.24, 2.45) is 17.3 Å². The van der Waals surface area contributed by atoms with Crippen LogP contribution in [0.1, 0.15) is 70.6 Å². The maximum absolute atomic E-state index is 14.6. The number of pyridine rings is 1. The number of rotatable bonds is 9. The molecule has 0 spiro atoms. The number of phenolic OH excluding ortho intramolecular Hbond substituents is 1. The van der Waals surface area contributed by atoms with Crippen LogP contribution in [0.15, 0.2) is 54.9 Å². The number of hydrazine groups is 1. The summed E-state index contributed by atoms with van der Waals surface area (Å²) in [6.45, 7) is 13.0. The lowest BCUT2D eigenvalue weighted by molar-refractivity contribution is -0.155. The Labute approximate surface area is 364 Å². The highest BCUT2D eigenvalue weighted by molar-refractivity contribution is 5.96. The smallest absolute Gasteiger partial charge is 0.324 e. The van der Waals surface area contributed by atoms with Gasteiger partial charge in [0.15, 0.2) is 0 Å². The fourth-order valence-corrected chi connectivity index (χ4v) is 9.68. The van der Waals surface area contributed by atoms with Crippen LogP contribution in [0.3, 0.4) is 0 Å². The van der Waals surface area contributed by atoms with Crippen LogP contribution in [0.4, 0.5) is 0 Å². The minimum Gasteiger partial charge on any atom is -0.508 e. The maximum Gasteiger partial charge on any atom is 0.324 e. The van der Waals surface area contributed by atoms with E-state index in [1.165, 1.54) is 9.91 Å². The molecule has 6 bridgehead atoms. The summed E-state index contributed by atoms with van der Waals surface area (Å²) in [7, 11) is 5.32. The summed E-state index contributed by atoms with van der Waals surface area (Å²) in [5, 5.41) is 16.7. The molecule has 4 aromatic rings. The Bertz CT molecular complexity index is 2320. The number of ether oxygens (including phenoxy) is 2. The van der Waals surface area contributed by atoms with E-state index in [9.17, 15) is 24.3 Å². The number of fused-ring (bicyclic) bond motifs is 6. The molecule has 0 unspecified atom stereocenters. The molecule has 2 aromatic carbocycles. The average Bonchev–Trinajstić information content (AvgIpc) is 3.81. The second-order valence-corrected chi connectivity index (χ2v) is 18.6. The van der Waals surface area contributed by atoms with Gasteiger partial charge in [-0.05, 0) is 110 Å². The van der Waals surface area contributed by atoms with Crippen LogP contribution in [0.5, 0.6) is 5.75 Å². The number of likely N-dealkylation sites (tertiary alicyclic amines) is 1. The van der Waals surface area contributed by atoms with E-state index in [2.05, 4.69) is 58.1 Å². The minimum atomic E-state index is -1.10. The van der Waals surface area contributed by atoms with Crippen molar-refractivity contribution in [3.8, 4) is 28.1 Å². The zero-order chi connectivity index (χ0) is 44.5. The summed E-state index contributed by atoms with van der Waals surface area (Å²) < 4.78 is 14.0. The highest BCUT2D eigenvalue weighted by Crippen LogP contribution is 2.41. The van der Waals surface area contributed by atoms with Crippen molar-refractivity contribution in [1.82, 2.24) is 35.1 Å². The number of aromatic nitrogens is 2. The van der Waals surface area contributed by atoms with Gasteiger partial charge in [0.25, 0.3) is 5.91 Å². The minimum absolute atomic E-state index is 0.0168. The van der Waals surface area contributed by atoms with Crippen LogP contribution >= 0.6 is 0 Å². The van der Waals surface area contributed by atoms with Crippen LogP contribution in [0.25, 0.3) is 33.3 Å². The topological polar surface area (TPSA) is 159 Å². The first kappa shape index (κ1) is 44.7. The Kier molecular flexibility index (Phi) is 13.4. The average molecular weight is 850 g/mol. The molecule has 62 heavy (non-hydrogen) atoms. The summed E-state index contributed by atoms with van der Waals surface area (Å²) in [6, 6.07) is 10.8. The van der Waals surface area contributed by atoms with Crippen LogP contribution in [0.2, 0.25) is 0 Å². The molecule has 0 radical (unpaired) electrons. The van der Waals surface area contributed by atoms with E-state index in [0.29, 0.717) is 57.5 Å². The SMILES string of the molecule is CCn1c(-c2cnccc2COC)c2c3cc(ccc31)-c1cc(O)cc(c1)C[C@H](NC(=O)[C@H](C(C)C)N(C)C(=O)[C@H]1CCN(C)C1)C(=O)N1CCC[C@H](N1)C(=O)OCC(C)(C)C2. The molecule has 3 aliphatic rings. The first-order chi connectivity index (χ1) is 29.6. The molecule has 2 fully saturated rings. The van der Waals surface area contributed by atoms with E-state index < -0.39 is 41.3 Å². The van der Waals surface area contributed by atoms with Crippen LogP contribution in [0, 0.1) is 17.3 Å². The first-order valence-electron chi connectivity index (χ1n) is 22.0. The van der Waals surface area contributed by atoms with Crippen molar-refractivity contribution in [2.45, 2.75) is 98.0 Å². The lowest BCUT2D eigenvalue weighted by Crippen LogP contribution is -2.62. The maximum atomic E-state index is 14.6. The van der Waals surface area contributed by atoms with Crippen molar-refractivity contribution < 1.29 is 33.8 Å². The number of nitrogens with one attached hydrogen (secondary N) is 2. The number of esters is 1. The first-order valence-corrected chi connectivity index (χ1v) is 22.0. The van der Waals surface area contributed by atoms with E-state index in [-0.39, 0.29) is 36.5 Å². The van der Waals surface area contributed by atoms with Crippen molar-refractivity contribution in [3.05, 3.63) is 71.5 Å². The molecule has 3 aliphatic heterocycles. The van der Waals surface area contributed by atoms with Crippen molar-refractivity contribution >= 4 is 34.6 Å². The van der Waals surface area contributed by atoms with Gasteiger partial charge in [-0.15, -0.1) is 0 Å². The Morgan fingerprint density at radius 3 is 2.60 bits per heavy atom. The predicted molar refractivity (Wildman–Crippen MR) is 238 cm³/mol. The van der Waals surface area contributed by atoms with E-state index in [0.717, 1.165) is 51.0 Å². The normalized spacial score (nSPS) is 21.4. The summed E-state index contributed by atoms with van der Waals surface area (Å²) in [5.74, 6) is -1.89. The van der Waals surface area contributed by atoms with Gasteiger partial charge in [0.2, 0.25) is 11.8 Å². The molecular formula is C48H63N7O7. The number of amides is 3. The number of benzene rings is 2. The Balaban J connectivity index is 1.33. The second-order valence-electron chi connectivity index (χ2n) is 18.6. The number of aromatic hydroxyl groups is 1. The molecule has 4 atom stereocenters. The van der Waals surface area contributed by atoms with Crippen LogP contribution in [-0.2, 0) is 54.6 Å². The molecule has 332 valence electrons. The second kappa shape index (κ2) is 18.6. The summed E-state index contributed by atoms with van der Waals surface area (Å²) in [5.41, 5.74) is 9.94. The number of cyclic esters (lactones) is 1. The Morgan fingerprint density at radius 2 is 1.89 bits per heavy atom. The fourth-order valence-electron chi connectivity index (χ4n) is 9.68. The molecule has 0 saturated carbocycles. The van der Waals surface area contributed by atoms with Gasteiger partial charge in [-0.25, -0.2) is 5.43 Å². The zero-order valence-corrected chi connectivity index (χ0v) is 37.5. The summed E-state index contributed by atoms with van der Waals surface area (Å²) in [4.78, 5) is 64.8. The van der Waals surface area contributed by atoms with E-state index in [1.807, 2.05) is 45.3 Å². The summed E-state index contributed by atoms with van der Waals surface area (Å²) >= 11 is 0. The molecule has 14 nitrogen and oxygen atoms in total. The molecule has 3 N–H and O–H groups in total. The van der Waals surface area contributed by atoms with Gasteiger partial charge in [-0.1, -0.05) is 39.8 Å². The lowest BCUT2D eigenvalue weighted by atomic mass is 9.84. The van der Waals surface area contributed by atoms with E-state index in [1.54, 1.807) is 32.5 Å². The third-order valence-corrected chi connectivity index (χ3v) is 12.7. The number of likely N-dealkylation sites (N-methyl/N-ethyl adjacent to an activating group) is 1. The van der Waals surface area contributed by atoms with E-state index in [4.69, 9.17) is 9.47 Å². The van der Waals surface area contributed by atoms with Gasteiger partial charge in [0.1, 0.15) is 23.9 Å². The third kappa shape index (κ3) is 9.37. The van der Waals surface area contributed by atoms with Gasteiger partial charge < -0.3 is 34.3 Å². The van der Waals surface area contributed by atoms with Gasteiger partial charge in [0, 0.05) is 74.5 Å². The Hall–Kier alpha value is -5.31. The van der Waals surface area contributed by atoms with Crippen molar-refractivity contribution in [1.29, 1.82) is 0 Å². The third-order valence-electron chi connectivity index (χ3n) is 12.7. The van der Waals surface area contributed by atoms with Crippen LogP contribution in [-0.4, -0.2) is 119 Å². The highest BCUT2D eigenvalue weighted by Gasteiger charge is 2.39. The van der Waals surface area contributed by atoms with Crippen LogP contribution < -0.4 is 10.7 Å². The van der Waals surface area contributed by atoms with Gasteiger partial charge in [0.05, 0.1) is 24.8 Å². The number of carbonyl (C=O) groups is 4. The molecule has 14 heteroatoms. The highest BCUT2D eigenvalue weighted by atomic mass is 16.5. The number of hydrogen-bond donors (Lipinski definition) is 3. The van der Waals surface area contributed by atoms with Crippen molar-refractivity contribution in [2.75, 3.05) is 47.4 Å². The molecule has 3 amide bonds. The van der Waals surface area contributed by atoms with Gasteiger partial charge >= 0.3 is 5.97 Å². The molecule has 2 saturated heterocycles. The Morgan fingerprint density at radius 1 is 1.10 bits per heavy atom. The number of phenols is 1. The fraction of sp³-hybridized carbons (Fsp3) is 0.521. The zero-order valence-electron chi connectivity index (χ0n) is 37.5. The quantitative estimate of drug-likeness (QED) is 0.188. The molecule has 7 rings (SSSR count). The number of aryl methyl sites for hydroxylation is 1. The van der Waals surface area contributed by atoms with Gasteiger partial charge in [-0.2, -0.15) is 0 Å². The predicted octanol–water partition coefficient (Wildman–Crippen LogP) is 5.33. The molecule has 5 heterocycles. The molecule has 2 aromatic heterocycles. The van der Waals surface area contributed by atoms with Crippen molar-refractivity contribution in [3.63, 3.8) is 0 Å². The number of carbonyl (C=O) groups excluding carboxylic acids is 4. The van der Waals surface area contributed by atoms with Gasteiger partial charge in [-0.3, -0.25) is 29.2 Å².